The maximum atomic E-state index is 13.3. The van der Waals surface area contributed by atoms with Gasteiger partial charge in [-0.1, -0.05) is 6.07 Å². The Morgan fingerprint density at radius 1 is 1.18 bits per heavy atom. The third kappa shape index (κ3) is 7.93. The van der Waals surface area contributed by atoms with Crippen LogP contribution in [0.2, 0.25) is 0 Å². The fourth-order valence-corrected chi connectivity index (χ4v) is 6.28. The molecule has 2 aromatic rings. The third-order valence-corrected chi connectivity index (χ3v) is 8.80. The van der Waals surface area contributed by atoms with Crippen LogP contribution in [0.1, 0.15) is 30.2 Å². The van der Waals surface area contributed by atoms with Crippen molar-refractivity contribution in [3.05, 3.63) is 47.7 Å². The number of oxazole rings is 1. The van der Waals surface area contributed by atoms with Gasteiger partial charge in [-0.3, -0.25) is 35.3 Å². The molecule has 5 N–H and O–H groups in total. The summed E-state index contributed by atoms with van der Waals surface area (Å²) in [6.07, 6.45) is 3.47. The fraction of sp³-hybridized carbons (Fsp3) is 0.633. The van der Waals surface area contributed by atoms with Crippen molar-refractivity contribution in [2.24, 2.45) is 0 Å². The van der Waals surface area contributed by atoms with Crippen LogP contribution in [0, 0.1) is 0 Å². The summed E-state index contributed by atoms with van der Waals surface area (Å²) in [4.78, 5) is 35.1. The first-order chi connectivity index (χ1) is 21.4. The molecule has 3 fully saturated rings. The predicted octanol–water partition coefficient (Wildman–Crippen LogP) is -1.20. The highest BCUT2D eigenvalue weighted by Crippen LogP contribution is 2.25. The van der Waals surface area contributed by atoms with Crippen LogP contribution in [0.5, 0.6) is 5.75 Å². The molecule has 0 radical (unpaired) electrons. The van der Waals surface area contributed by atoms with Gasteiger partial charge in [0.2, 0.25) is 11.8 Å². The van der Waals surface area contributed by atoms with Crippen molar-refractivity contribution < 1.29 is 28.6 Å². The minimum Gasteiger partial charge on any atom is -0.486 e. The van der Waals surface area contributed by atoms with Gasteiger partial charge in [-0.25, -0.2) is 4.98 Å². The predicted molar refractivity (Wildman–Crippen MR) is 159 cm³/mol. The molecule has 5 heterocycles. The van der Waals surface area contributed by atoms with E-state index in [1.54, 1.807) is 18.0 Å². The lowest BCUT2D eigenvalue weighted by Gasteiger charge is -2.47. The lowest BCUT2D eigenvalue weighted by atomic mass is 9.99. The first-order valence-corrected chi connectivity index (χ1v) is 15.5. The van der Waals surface area contributed by atoms with Gasteiger partial charge in [-0.15, -0.1) is 0 Å². The van der Waals surface area contributed by atoms with Crippen LogP contribution < -0.4 is 26.0 Å². The molecule has 0 spiro atoms. The summed E-state index contributed by atoms with van der Waals surface area (Å²) in [6, 6.07) is 5.86. The molecule has 3 unspecified atom stereocenters. The molecule has 4 aliphatic heterocycles. The molecule has 2 amide bonds. The molecule has 44 heavy (non-hydrogen) atoms. The van der Waals surface area contributed by atoms with E-state index in [2.05, 4.69) is 48.2 Å². The normalized spacial score (nSPS) is 25.6. The molecule has 0 aliphatic carbocycles. The van der Waals surface area contributed by atoms with Gasteiger partial charge in [0.25, 0.3) is 0 Å². The third-order valence-electron chi connectivity index (χ3n) is 8.80. The Balaban J connectivity index is 0.968. The molecular formula is C30H44N8O6. The van der Waals surface area contributed by atoms with E-state index in [-0.39, 0.29) is 36.9 Å². The molecule has 1 aromatic heterocycles. The van der Waals surface area contributed by atoms with Crippen molar-refractivity contribution in [3.8, 4) is 5.75 Å². The topological polar surface area (TPSA) is 157 Å². The molecule has 0 bridgehead atoms. The van der Waals surface area contributed by atoms with Crippen LogP contribution in [0.4, 0.5) is 0 Å². The van der Waals surface area contributed by atoms with E-state index >= 15 is 0 Å². The van der Waals surface area contributed by atoms with Gasteiger partial charge in [0.05, 0.1) is 37.7 Å². The number of carbonyl (C=O) groups is 2. The summed E-state index contributed by atoms with van der Waals surface area (Å²) < 4.78 is 16.6. The van der Waals surface area contributed by atoms with Gasteiger partial charge in [0.15, 0.2) is 12.2 Å². The van der Waals surface area contributed by atoms with Crippen LogP contribution in [0.15, 0.2) is 35.2 Å². The smallest absolute Gasteiger partial charge is 0.237 e. The van der Waals surface area contributed by atoms with Crippen molar-refractivity contribution in [2.75, 3.05) is 59.0 Å². The standard InChI is InChI=1S/C30H44N8O6/c1-20(39)38-15-23(16-38)33-28-11-27(34-30(35-28)37-6-8-42-9-7-37)29(41)32-12-24(40)17-36-5-4-21-10-25(3-2-22(21)14-36)43-18-26-13-31-19-44-26/h2-3,10,13,19,23-24,27-28,30,33-35,40H,4-9,11-12,14-18H2,1H3,(H,32,41)/t24-,27?,28?,30?/m0/s1. The molecule has 4 atom stereocenters. The van der Waals surface area contributed by atoms with Crippen LogP contribution in [0.25, 0.3) is 0 Å². The number of aromatic nitrogens is 1. The lowest BCUT2D eigenvalue weighted by molar-refractivity contribution is -0.134. The zero-order chi connectivity index (χ0) is 30.5. The number of hydrogen-bond donors (Lipinski definition) is 5. The number of aliphatic hydroxyl groups excluding tert-OH is 1. The highest BCUT2D eigenvalue weighted by atomic mass is 16.5. The Morgan fingerprint density at radius 2 is 2.02 bits per heavy atom. The van der Waals surface area contributed by atoms with E-state index in [0.717, 1.165) is 38.3 Å². The molecule has 3 saturated heterocycles. The second-order valence-electron chi connectivity index (χ2n) is 12.1. The highest BCUT2D eigenvalue weighted by molar-refractivity contribution is 5.82. The van der Waals surface area contributed by atoms with Gasteiger partial charge >= 0.3 is 0 Å². The van der Waals surface area contributed by atoms with Gasteiger partial charge in [0.1, 0.15) is 18.6 Å². The molecule has 14 nitrogen and oxygen atoms in total. The quantitative estimate of drug-likeness (QED) is 0.207. The average molecular weight is 613 g/mol. The number of nitrogens with one attached hydrogen (secondary N) is 4. The number of rotatable bonds is 11. The van der Waals surface area contributed by atoms with E-state index in [1.807, 2.05) is 6.07 Å². The van der Waals surface area contributed by atoms with Crippen molar-refractivity contribution in [2.45, 2.75) is 63.6 Å². The molecule has 6 rings (SSSR count). The molecule has 240 valence electrons. The number of β-amino-alcohol motifs (C(OH)–C–C–N with tert-alkyl or cyclic N) is 1. The summed E-state index contributed by atoms with van der Waals surface area (Å²) in [5, 5.41) is 24.5. The Morgan fingerprint density at radius 3 is 2.80 bits per heavy atom. The van der Waals surface area contributed by atoms with Crippen molar-refractivity contribution in [1.82, 2.24) is 41.0 Å². The summed E-state index contributed by atoms with van der Waals surface area (Å²) in [5.41, 5.74) is 2.45. The number of amides is 2. The number of aliphatic hydroxyl groups is 1. The number of likely N-dealkylation sites (tertiary alicyclic amines) is 1. The summed E-state index contributed by atoms with van der Waals surface area (Å²) in [5.74, 6) is 1.42. The number of nitrogens with zero attached hydrogens (tertiary/aromatic N) is 4. The Kier molecular flexibility index (Phi) is 10.1. The van der Waals surface area contributed by atoms with Crippen LogP contribution in [0.3, 0.4) is 0 Å². The highest BCUT2D eigenvalue weighted by Gasteiger charge is 2.38. The van der Waals surface area contributed by atoms with E-state index in [4.69, 9.17) is 13.9 Å². The van der Waals surface area contributed by atoms with Gasteiger partial charge in [-0.2, -0.15) is 0 Å². The SMILES string of the molecule is CC(=O)N1CC(NC2CC(C(=O)NC[C@H](O)CN3CCc4cc(OCc5cnco5)ccc4C3)NC(N3CCOCC3)N2)C1. The zero-order valence-corrected chi connectivity index (χ0v) is 25.2. The first-order valence-electron chi connectivity index (χ1n) is 15.5. The molecule has 1 aromatic carbocycles. The Hall–Kier alpha value is -3.11. The number of carbonyl (C=O) groups excluding carboxylic acids is 2. The van der Waals surface area contributed by atoms with Crippen LogP contribution >= 0.6 is 0 Å². The summed E-state index contributed by atoms with van der Waals surface area (Å²) in [6.45, 7) is 8.29. The molecule has 14 heteroatoms. The Bertz CT molecular complexity index is 1250. The largest absolute Gasteiger partial charge is 0.486 e. The molecule has 0 saturated carbocycles. The van der Waals surface area contributed by atoms with Gasteiger partial charge < -0.3 is 29.2 Å². The van der Waals surface area contributed by atoms with E-state index in [9.17, 15) is 14.7 Å². The van der Waals surface area contributed by atoms with Crippen molar-refractivity contribution in [1.29, 1.82) is 0 Å². The van der Waals surface area contributed by atoms with E-state index in [0.29, 0.717) is 51.6 Å². The van der Waals surface area contributed by atoms with Crippen molar-refractivity contribution in [3.63, 3.8) is 0 Å². The average Bonchev–Trinajstić information content (AvgIpc) is 3.54. The molecule has 4 aliphatic rings. The number of hydrogen-bond acceptors (Lipinski definition) is 12. The minimum atomic E-state index is -0.691. The number of benzene rings is 1. The second kappa shape index (κ2) is 14.3. The maximum absolute atomic E-state index is 13.3. The first kappa shape index (κ1) is 30.9. The monoisotopic (exact) mass is 612 g/mol. The zero-order valence-electron chi connectivity index (χ0n) is 25.2. The van der Waals surface area contributed by atoms with E-state index < -0.39 is 12.1 Å². The fourth-order valence-electron chi connectivity index (χ4n) is 6.28. The van der Waals surface area contributed by atoms with E-state index in [1.165, 1.54) is 17.5 Å². The Labute approximate surface area is 257 Å². The van der Waals surface area contributed by atoms with Crippen molar-refractivity contribution >= 4 is 11.8 Å². The van der Waals surface area contributed by atoms with Crippen LogP contribution in [-0.4, -0.2) is 126 Å². The lowest BCUT2D eigenvalue weighted by Crippen LogP contribution is -2.73. The maximum Gasteiger partial charge on any atom is 0.237 e. The minimum absolute atomic E-state index is 0.0796. The summed E-state index contributed by atoms with van der Waals surface area (Å²) in [7, 11) is 0. The molecular weight excluding hydrogens is 568 g/mol. The van der Waals surface area contributed by atoms with Crippen LogP contribution in [-0.2, 0) is 33.9 Å². The number of ether oxygens (including phenoxy) is 2. The second-order valence-corrected chi connectivity index (χ2v) is 12.1. The summed E-state index contributed by atoms with van der Waals surface area (Å²) >= 11 is 0. The number of fused-ring (bicyclic) bond motifs is 1. The number of morpholine rings is 1. The van der Waals surface area contributed by atoms with Gasteiger partial charge in [-0.05, 0) is 29.7 Å². The van der Waals surface area contributed by atoms with Gasteiger partial charge in [0, 0.05) is 71.7 Å².